The number of hydrogen-bond donors (Lipinski definition) is 1. The van der Waals surface area contributed by atoms with Crippen molar-refractivity contribution < 1.29 is 19.1 Å². The van der Waals surface area contributed by atoms with E-state index in [1.165, 1.54) is 0 Å². The third-order valence-electron chi connectivity index (χ3n) is 6.91. The fourth-order valence-electron chi connectivity index (χ4n) is 5.33. The van der Waals surface area contributed by atoms with Gasteiger partial charge in [0.2, 0.25) is 5.91 Å². The highest BCUT2D eigenvalue weighted by Crippen LogP contribution is 2.48. The molecule has 0 spiro atoms. The summed E-state index contributed by atoms with van der Waals surface area (Å²) in [7, 11) is 0. The van der Waals surface area contributed by atoms with E-state index in [1.807, 2.05) is 80.3 Å². The highest BCUT2D eigenvalue weighted by molar-refractivity contribution is 9.10. The molecule has 0 aliphatic carbocycles. The lowest BCUT2D eigenvalue weighted by atomic mass is 9.75. The molecule has 36 heavy (non-hydrogen) atoms. The number of carbonyl (C=O) groups is 2. The maximum absolute atomic E-state index is 14.0. The Labute approximate surface area is 219 Å². The highest BCUT2D eigenvalue weighted by atomic mass is 79.9. The van der Waals surface area contributed by atoms with E-state index in [9.17, 15) is 9.59 Å². The molecule has 2 amide bonds. The number of nitrogens with one attached hydrogen (secondary N) is 1. The Kier molecular flexibility index (Phi) is 6.75. The predicted molar refractivity (Wildman–Crippen MR) is 143 cm³/mol. The van der Waals surface area contributed by atoms with Gasteiger partial charge in [-0.3, -0.25) is 9.59 Å². The Hall–Kier alpha value is -3.32. The van der Waals surface area contributed by atoms with Gasteiger partial charge in [0.25, 0.3) is 5.91 Å². The van der Waals surface area contributed by atoms with Gasteiger partial charge < -0.3 is 19.7 Å². The van der Waals surface area contributed by atoms with Gasteiger partial charge in [-0.25, -0.2) is 0 Å². The Morgan fingerprint density at radius 3 is 2.47 bits per heavy atom. The second kappa shape index (κ2) is 9.97. The minimum absolute atomic E-state index is 0.0445. The van der Waals surface area contributed by atoms with Crippen molar-refractivity contribution in [1.29, 1.82) is 0 Å². The number of nitrogens with zero attached hydrogens (tertiary/aromatic N) is 1. The van der Waals surface area contributed by atoms with Gasteiger partial charge in [-0.15, -0.1) is 0 Å². The molecule has 0 saturated heterocycles. The lowest BCUT2D eigenvalue weighted by molar-refractivity contribution is -0.119. The molecule has 2 atom stereocenters. The predicted octanol–water partition coefficient (Wildman–Crippen LogP) is 6.03. The number of rotatable bonds is 6. The summed E-state index contributed by atoms with van der Waals surface area (Å²) in [4.78, 5) is 29.4. The summed E-state index contributed by atoms with van der Waals surface area (Å²) in [6, 6.07) is 16.8. The molecule has 186 valence electrons. The van der Waals surface area contributed by atoms with Gasteiger partial charge in [-0.2, -0.15) is 0 Å². The minimum atomic E-state index is -0.576. The second-order valence-electron chi connectivity index (χ2n) is 9.07. The third-order valence-corrected chi connectivity index (χ3v) is 7.41. The number of aryl methyl sites for hydroxylation is 1. The van der Waals surface area contributed by atoms with Crippen molar-refractivity contribution in [2.75, 3.05) is 25.1 Å². The number of carbonyl (C=O) groups excluding carboxylic acids is 2. The molecule has 5 rings (SSSR count). The number of benzene rings is 3. The van der Waals surface area contributed by atoms with Crippen molar-refractivity contribution in [1.82, 2.24) is 4.90 Å². The molecule has 0 fully saturated rings. The Morgan fingerprint density at radius 1 is 1.03 bits per heavy atom. The summed E-state index contributed by atoms with van der Waals surface area (Å²) >= 11 is 3.49. The maximum atomic E-state index is 14.0. The van der Waals surface area contributed by atoms with Crippen LogP contribution in [0.1, 0.15) is 58.4 Å². The molecule has 6 nitrogen and oxygen atoms in total. The van der Waals surface area contributed by atoms with E-state index in [4.69, 9.17) is 9.47 Å². The fourth-order valence-corrected chi connectivity index (χ4v) is 5.81. The largest absolute Gasteiger partial charge is 0.490 e. The second-order valence-corrected chi connectivity index (χ2v) is 9.99. The van der Waals surface area contributed by atoms with E-state index in [1.54, 1.807) is 0 Å². The first-order valence-corrected chi connectivity index (χ1v) is 13.1. The van der Waals surface area contributed by atoms with Gasteiger partial charge in [0.1, 0.15) is 0 Å². The Bertz CT molecular complexity index is 1340. The molecular weight excluding hydrogens is 520 g/mol. The number of halogens is 1. The van der Waals surface area contributed by atoms with Crippen LogP contribution in [-0.4, -0.2) is 36.5 Å². The molecule has 2 heterocycles. The molecule has 0 bridgehead atoms. The van der Waals surface area contributed by atoms with Crippen molar-refractivity contribution in [3.63, 3.8) is 0 Å². The average Bonchev–Trinajstić information content (AvgIpc) is 2.86. The van der Waals surface area contributed by atoms with Gasteiger partial charge in [0, 0.05) is 22.3 Å². The first kappa shape index (κ1) is 24.4. The lowest BCUT2D eigenvalue weighted by Gasteiger charge is -2.45. The van der Waals surface area contributed by atoms with E-state index >= 15 is 0 Å². The zero-order valence-electron chi connectivity index (χ0n) is 20.6. The molecule has 0 saturated carbocycles. The summed E-state index contributed by atoms with van der Waals surface area (Å²) in [6.07, 6.45) is 0.687. The summed E-state index contributed by atoms with van der Waals surface area (Å²) in [5, 5.41) is 3.14. The van der Waals surface area contributed by atoms with Crippen LogP contribution in [0.5, 0.6) is 11.5 Å². The van der Waals surface area contributed by atoms with Crippen molar-refractivity contribution in [3.8, 4) is 11.5 Å². The average molecular weight is 549 g/mol. The Balaban J connectivity index is 1.64. The van der Waals surface area contributed by atoms with Crippen molar-refractivity contribution >= 4 is 33.4 Å². The van der Waals surface area contributed by atoms with Crippen LogP contribution in [0.25, 0.3) is 0 Å². The highest BCUT2D eigenvalue weighted by Gasteiger charge is 2.46. The van der Waals surface area contributed by atoms with Crippen LogP contribution in [0, 0.1) is 6.92 Å². The topological polar surface area (TPSA) is 67.9 Å². The molecular formula is C29H29BrN2O4. The molecule has 3 aromatic rings. The van der Waals surface area contributed by atoms with E-state index < -0.39 is 12.0 Å². The van der Waals surface area contributed by atoms with Crippen LogP contribution < -0.4 is 14.8 Å². The van der Waals surface area contributed by atoms with E-state index in [0.29, 0.717) is 43.2 Å². The van der Waals surface area contributed by atoms with Crippen LogP contribution in [0.3, 0.4) is 0 Å². The maximum Gasteiger partial charge on any atom is 0.254 e. The van der Waals surface area contributed by atoms with Crippen LogP contribution in [0.4, 0.5) is 5.69 Å². The number of anilines is 1. The van der Waals surface area contributed by atoms with Crippen molar-refractivity contribution in [3.05, 3.63) is 86.9 Å². The van der Waals surface area contributed by atoms with Crippen LogP contribution >= 0.6 is 15.9 Å². The molecule has 0 radical (unpaired) electrons. The summed E-state index contributed by atoms with van der Waals surface area (Å²) in [6.45, 7) is 7.38. The zero-order chi connectivity index (χ0) is 25.4. The summed E-state index contributed by atoms with van der Waals surface area (Å²) < 4.78 is 12.7. The van der Waals surface area contributed by atoms with Gasteiger partial charge in [0.15, 0.2) is 11.5 Å². The van der Waals surface area contributed by atoms with Gasteiger partial charge in [-0.05, 0) is 85.8 Å². The van der Waals surface area contributed by atoms with Crippen molar-refractivity contribution in [2.45, 2.75) is 39.2 Å². The van der Waals surface area contributed by atoms with Gasteiger partial charge >= 0.3 is 0 Å². The smallest absolute Gasteiger partial charge is 0.254 e. The summed E-state index contributed by atoms with van der Waals surface area (Å²) in [5.74, 6) is 0.565. The molecule has 3 aromatic carbocycles. The number of hydrogen-bond acceptors (Lipinski definition) is 4. The minimum Gasteiger partial charge on any atom is -0.490 e. The number of amides is 2. The summed E-state index contributed by atoms with van der Waals surface area (Å²) in [5.41, 5.74) is 5.05. The molecule has 0 unspecified atom stereocenters. The van der Waals surface area contributed by atoms with E-state index in [2.05, 4.69) is 21.2 Å². The normalized spacial score (nSPS) is 18.1. The van der Waals surface area contributed by atoms with Crippen LogP contribution in [-0.2, 0) is 11.2 Å². The lowest BCUT2D eigenvalue weighted by Crippen LogP contribution is -2.49. The molecule has 2 aliphatic heterocycles. The van der Waals surface area contributed by atoms with Gasteiger partial charge in [-0.1, -0.05) is 34.1 Å². The van der Waals surface area contributed by atoms with Gasteiger partial charge in [0.05, 0.1) is 25.2 Å². The first-order valence-electron chi connectivity index (χ1n) is 12.3. The standard InChI is InChI=1S/C29H29BrN2O4/c1-4-35-24-15-18-12-13-32-27(22(18)16-25(24)36-5-2)26(20-8-6-7-9-21(20)29(32)34)28(33)31-23-11-10-19(30)14-17(23)3/h6-11,14-16,26-27H,4-5,12-13H2,1-3H3,(H,31,33)/t26-,27-/m0/s1. The monoisotopic (exact) mass is 548 g/mol. The quantitative estimate of drug-likeness (QED) is 0.408. The molecule has 1 N–H and O–H groups in total. The van der Waals surface area contributed by atoms with E-state index in [-0.39, 0.29) is 11.8 Å². The SMILES string of the molecule is CCOc1cc2c(cc1OCC)[C@H]1[C@@H](C(=O)Nc3ccc(Br)cc3C)c3ccccc3C(=O)N1CC2. The van der Waals surface area contributed by atoms with Crippen LogP contribution in [0.15, 0.2) is 59.1 Å². The fraction of sp³-hybridized carbons (Fsp3) is 0.310. The third kappa shape index (κ3) is 4.26. The van der Waals surface area contributed by atoms with Crippen LogP contribution in [0.2, 0.25) is 0 Å². The molecule has 0 aromatic heterocycles. The Morgan fingerprint density at radius 2 is 1.75 bits per heavy atom. The molecule has 2 aliphatic rings. The van der Waals surface area contributed by atoms with E-state index in [0.717, 1.165) is 32.4 Å². The number of ether oxygens (including phenoxy) is 2. The first-order chi connectivity index (χ1) is 17.4. The van der Waals surface area contributed by atoms with Crippen molar-refractivity contribution in [2.24, 2.45) is 0 Å². The zero-order valence-corrected chi connectivity index (χ0v) is 22.2. The number of fused-ring (bicyclic) bond motifs is 4. The molecule has 7 heteroatoms.